The summed E-state index contributed by atoms with van der Waals surface area (Å²) in [5, 5.41) is 8.17. The lowest BCUT2D eigenvalue weighted by Gasteiger charge is -2.00. The van der Waals surface area contributed by atoms with Gasteiger partial charge in [-0.3, -0.25) is 4.98 Å². The van der Waals surface area contributed by atoms with E-state index in [1.54, 1.807) is 6.20 Å². The lowest BCUT2D eigenvalue weighted by Crippen LogP contribution is -2.01. The van der Waals surface area contributed by atoms with Gasteiger partial charge in [-0.25, -0.2) is 4.68 Å². The molecule has 5 nitrogen and oxygen atoms in total. The molecule has 0 radical (unpaired) electrons. The molecule has 0 amide bonds. The van der Waals surface area contributed by atoms with Gasteiger partial charge in [0.1, 0.15) is 0 Å². The average molecular weight is 296 g/mol. The van der Waals surface area contributed by atoms with Crippen molar-refractivity contribution in [1.82, 2.24) is 20.0 Å². The number of nitrogens with zero attached hydrogens (tertiary/aromatic N) is 4. The molecule has 0 aliphatic rings. The molecule has 0 saturated carbocycles. The number of aryl methyl sites for hydroxylation is 1. The first-order valence-corrected chi connectivity index (χ1v) is 6.26. The molecule has 17 heavy (non-hydrogen) atoms. The monoisotopic (exact) mass is 295 g/mol. The van der Waals surface area contributed by atoms with Gasteiger partial charge in [-0.05, 0) is 46.9 Å². The molecule has 0 spiro atoms. The van der Waals surface area contributed by atoms with Gasteiger partial charge in [0.2, 0.25) is 0 Å². The van der Waals surface area contributed by atoms with E-state index in [9.17, 15) is 0 Å². The van der Waals surface area contributed by atoms with Crippen molar-refractivity contribution in [2.24, 2.45) is 5.73 Å². The number of rotatable bonds is 5. The molecule has 0 aliphatic heterocycles. The first kappa shape index (κ1) is 12.2. The summed E-state index contributed by atoms with van der Waals surface area (Å²) in [5.41, 5.74) is 7.53. The molecule has 0 unspecified atom stereocenters. The molecule has 2 rings (SSSR count). The summed E-state index contributed by atoms with van der Waals surface area (Å²) in [6.07, 6.45) is 7.37. The minimum atomic E-state index is 0.683. The van der Waals surface area contributed by atoms with Crippen LogP contribution in [0.4, 0.5) is 0 Å². The maximum Gasteiger partial charge on any atom is 0.0827 e. The van der Waals surface area contributed by atoms with Gasteiger partial charge in [-0.15, -0.1) is 5.10 Å². The summed E-state index contributed by atoms with van der Waals surface area (Å²) in [5.74, 6) is 0. The Morgan fingerprint density at radius 1 is 1.35 bits per heavy atom. The normalized spacial score (nSPS) is 10.7. The minimum Gasteiger partial charge on any atom is -0.330 e. The van der Waals surface area contributed by atoms with E-state index in [4.69, 9.17) is 5.73 Å². The number of nitrogens with two attached hydrogens (primary N) is 1. The van der Waals surface area contributed by atoms with Gasteiger partial charge in [0.05, 0.1) is 12.2 Å². The summed E-state index contributed by atoms with van der Waals surface area (Å²) >= 11 is 3.39. The van der Waals surface area contributed by atoms with E-state index in [1.807, 2.05) is 23.1 Å². The van der Waals surface area contributed by atoms with Crippen molar-refractivity contribution in [1.29, 1.82) is 0 Å². The number of hydrogen-bond donors (Lipinski definition) is 1. The number of pyridine rings is 1. The second-order valence-electron chi connectivity index (χ2n) is 3.81. The molecule has 0 fully saturated rings. The highest BCUT2D eigenvalue weighted by atomic mass is 79.9. The van der Waals surface area contributed by atoms with Crippen molar-refractivity contribution in [3.63, 3.8) is 0 Å². The van der Waals surface area contributed by atoms with E-state index in [-0.39, 0.29) is 0 Å². The number of aromatic nitrogens is 4. The van der Waals surface area contributed by atoms with E-state index in [1.165, 1.54) is 0 Å². The highest BCUT2D eigenvalue weighted by molar-refractivity contribution is 9.10. The summed E-state index contributed by atoms with van der Waals surface area (Å²) in [4.78, 5) is 4.11. The van der Waals surface area contributed by atoms with Crippen LogP contribution in [-0.2, 0) is 13.0 Å². The third-order valence-electron chi connectivity index (χ3n) is 2.33. The second kappa shape index (κ2) is 5.88. The van der Waals surface area contributed by atoms with Crippen LogP contribution in [0.2, 0.25) is 0 Å². The molecular formula is C11H14BrN5. The van der Waals surface area contributed by atoms with E-state index in [0.717, 1.165) is 28.6 Å². The summed E-state index contributed by atoms with van der Waals surface area (Å²) in [6.45, 7) is 1.37. The number of hydrogen-bond acceptors (Lipinski definition) is 4. The van der Waals surface area contributed by atoms with Gasteiger partial charge in [0.25, 0.3) is 0 Å². The van der Waals surface area contributed by atoms with Gasteiger partial charge < -0.3 is 5.73 Å². The quantitative estimate of drug-likeness (QED) is 0.905. The van der Waals surface area contributed by atoms with Crippen molar-refractivity contribution in [2.45, 2.75) is 19.4 Å². The Bertz CT molecular complexity index is 482. The molecule has 90 valence electrons. The third-order valence-corrected chi connectivity index (χ3v) is 2.76. The van der Waals surface area contributed by atoms with Crippen LogP contribution >= 0.6 is 15.9 Å². The molecule has 0 saturated heterocycles. The maximum atomic E-state index is 5.45. The van der Waals surface area contributed by atoms with E-state index < -0.39 is 0 Å². The smallest absolute Gasteiger partial charge is 0.0827 e. The molecule has 2 aromatic rings. The molecular weight excluding hydrogens is 282 g/mol. The van der Waals surface area contributed by atoms with Gasteiger partial charge in [0.15, 0.2) is 0 Å². The lowest BCUT2D eigenvalue weighted by molar-refractivity contribution is 0.647. The minimum absolute atomic E-state index is 0.683. The van der Waals surface area contributed by atoms with Crippen LogP contribution in [0, 0.1) is 0 Å². The van der Waals surface area contributed by atoms with Crippen LogP contribution in [-0.4, -0.2) is 26.5 Å². The Morgan fingerprint density at radius 2 is 2.24 bits per heavy atom. The van der Waals surface area contributed by atoms with Crippen molar-refractivity contribution in [3.8, 4) is 0 Å². The van der Waals surface area contributed by atoms with Crippen molar-refractivity contribution < 1.29 is 0 Å². The van der Waals surface area contributed by atoms with Crippen molar-refractivity contribution >= 4 is 15.9 Å². The van der Waals surface area contributed by atoms with Gasteiger partial charge in [-0.2, -0.15) is 0 Å². The molecule has 0 bridgehead atoms. The Labute approximate surface area is 108 Å². The fraction of sp³-hybridized carbons (Fsp3) is 0.364. The Hall–Kier alpha value is -1.27. The van der Waals surface area contributed by atoms with Crippen LogP contribution in [0.5, 0.6) is 0 Å². The molecule has 0 atom stereocenters. The van der Waals surface area contributed by atoms with Gasteiger partial charge >= 0.3 is 0 Å². The van der Waals surface area contributed by atoms with Crippen LogP contribution < -0.4 is 5.73 Å². The lowest BCUT2D eigenvalue weighted by atomic mass is 10.2. The van der Waals surface area contributed by atoms with Crippen molar-refractivity contribution in [3.05, 3.63) is 40.4 Å². The average Bonchev–Trinajstić information content (AvgIpc) is 2.74. The standard InChI is InChI=1S/C11H14BrN5/c12-10-4-9(5-14-6-10)7-17-8-11(15-16-17)2-1-3-13/h4-6,8H,1-3,7,13H2. The molecule has 6 heteroatoms. The fourth-order valence-electron chi connectivity index (χ4n) is 1.54. The van der Waals surface area contributed by atoms with E-state index >= 15 is 0 Å². The predicted molar refractivity (Wildman–Crippen MR) is 68.4 cm³/mol. The van der Waals surface area contributed by atoms with Crippen LogP contribution in [0.1, 0.15) is 17.7 Å². The zero-order valence-electron chi connectivity index (χ0n) is 9.38. The Morgan fingerprint density at radius 3 is 3.00 bits per heavy atom. The van der Waals surface area contributed by atoms with Crippen LogP contribution in [0.3, 0.4) is 0 Å². The molecule has 2 N–H and O–H groups in total. The Kier molecular flexibility index (Phi) is 4.22. The molecule has 0 aliphatic carbocycles. The summed E-state index contributed by atoms with van der Waals surface area (Å²) in [6, 6.07) is 2.02. The zero-order valence-corrected chi connectivity index (χ0v) is 11.0. The van der Waals surface area contributed by atoms with Gasteiger partial charge in [-0.1, -0.05) is 5.21 Å². The third kappa shape index (κ3) is 3.61. The highest BCUT2D eigenvalue weighted by Gasteiger charge is 2.02. The summed E-state index contributed by atoms with van der Waals surface area (Å²) in [7, 11) is 0. The van der Waals surface area contributed by atoms with Crippen LogP contribution in [0.15, 0.2) is 29.1 Å². The highest BCUT2D eigenvalue weighted by Crippen LogP contribution is 2.10. The Balaban J connectivity index is 2.01. The topological polar surface area (TPSA) is 69.6 Å². The molecule has 2 aromatic heterocycles. The first-order chi connectivity index (χ1) is 8.28. The summed E-state index contributed by atoms with van der Waals surface area (Å²) < 4.78 is 2.79. The molecule has 0 aromatic carbocycles. The maximum absolute atomic E-state index is 5.45. The van der Waals surface area contributed by atoms with Crippen LogP contribution in [0.25, 0.3) is 0 Å². The predicted octanol–water partition coefficient (Wildman–Crippen LogP) is 1.38. The van der Waals surface area contributed by atoms with E-state index in [0.29, 0.717) is 13.1 Å². The number of halogens is 1. The zero-order chi connectivity index (χ0) is 12.1. The molecule has 2 heterocycles. The fourth-order valence-corrected chi connectivity index (χ4v) is 1.96. The largest absolute Gasteiger partial charge is 0.330 e. The van der Waals surface area contributed by atoms with E-state index in [2.05, 4.69) is 31.2 Å². The SMILES string of the molecule is NCCCc1cn(Cc2cncc(Br)c2)nn1. The first-order valence-electron chi connectivity index (χ1n) is 5.46. The van der Waals surface area contributed by atoms with Crippen molar-refractivity contribution in [2.75, 3.05) is 6.54 Å². The second-order valence-corrected chi connectivity index (χ2v) is 4.73. The van der Waals surface area contributed by atoms with Gasteiger partial charge in [0, 0.05) is 23.1 Å².